The molecule has 0 spiro atoms. The highest BCUT2D eigenvalue weighted by molar-refractivity contribution is 6.35. The Hall–Kier alpha value is -2.60. The molecule has 0 heterocycles. The quantitative estimate of drug-likeness (QED) is 0.328. The Balaban J connectivity index is 1.79. The van der Waals surface area contributed by atoms with E-state index in [0.717, 1.165) is 16.8 Å². The molecule has 0 unspecified atom stereocenters. The summed E-state index contributed by atoms with van der Waals surface area (Å²) in [5.74, 6) is 0.0792. The van der Waals surface area contributed by atoms with Gasteiger partial charge < -0.3 is 19.9 Å². The number of benzene rings is 3. The lowest BCUT2D eigenvalue weighted by atomic mass is 10.1. The molecule has 0 amide bonds. The van der Waals surface area contributed by atoms with Gasteiger partial charge in [-0.1, -0.05) is 46.9 Å². The molecule has 0 aliphatic carbocycles. The summed E-state index contributed by atoms with van der Waals surface area (Å²) in [6.45, 7) is 4.70. The summed E-state index contributed by atoms with van der Waals surface area (Å²) in [5.41, 5.74) is 3.19. The van der Waals surface area contributed by atoms with Crippen molar-refractivity contribution in [3.8, 4) is 11.5 Å². The van der Waals surface area contributed by atoms with E-state index in [1.807, 2.05) is 19.1 Å². The Bertz CT molecular complexity index is 1130. The van der Waals surface area contributed by atoms with Crippen LogP contribution in [0.15, 0.2) is 48.5 Å². The maximum absolute atomic E-state index is 11.4. The standard InChI is InChI=1S/C24H22Cl3NO4/c1-3-31-22-9-16(12-28-21-6-4-5-18(14(21)2)24(29)30)20(27)11-23(22)32-13-15-7-8-17(25)10-19(15)26/h4-11,28H,3,12-13H2,1-2H3,(H,29,30). The molecule has 2 N–H and O–H groups in total. The molecule has 3 aromatic carbocycles. The van der Waals surface area contributed by atoms with Gasteiger partial charge in [-0.15, -0.1) is 0 Å². The molecule has 3 rings (SSSR count). The van der Waals surface area contributed by atoms with E-state index in [-0.39, 0.29) is 12.2 Å². The van der Waals surface area contributed by atoms with Crippen LogP contribution in [-0.4, -0.2) is 17.7 Å². The predicted octanol–water partition coefficient (Wildman–Crippen LogP) is 7.24. The van der Waals surface area contributed by atoms with Crippen LogP contribution in [0.5, 0.6) is 11.5 Å². The van der Waals surface area contributed by atoms with Crippen LogP contribution in [0.4, 0.5) is 5.69 Å². The second-order valence-electron chi connectivity index (χ2n) is 6.98. The van der Waals surface area contributed by atoms with Gasteiger partial charge in [0.1, 0.15) is 6.61 Å². The first-order valence-electron chi connectivity index (χ1n) is 9.88. The van der Waals surface area contributed by atoms with E-state index in [0.29, 0.717) is 45.3 Å². The average Bonchev–Trinajstić information content (AvgIpc) is 2.74. The number of rotatable bonds is 9. The number of carboxylic acid groups (broad SMARTS) is 1. The number of carboxylic acids is 1. The molecule has 3 aromatic rings. The average molecular weight is 495 g/mol. The summed E-state index contributed by atoms with van der Waals surface area (Å²) < 4.78 is 11.7. The Morgan fingerprint density at radius 2 is 1.69 bits per heavy atom. The zero-order valence-corrected chi connectivity index (χ0v) is 19.8. The van der Waals surface area contributed by atoms with Crippen LogP contribution in [0.25, 0.3) is 0 Å². The van der Waals surface area contributed by atoms with Crippen molar-refractivity contribution in [2.75, 3.05) is 11.9 Å². The highest BCUT2D eigenvalue weighted by Gasteiger charge is 2.14. The van der Waals surface area contributed by atoms with E-state index >= 15 is 0 Å². The van der Waals surface area contributed by atoms with Gasteiger partial charge in [0.05, 0.1) is 12.2 Å². The van der Waals surface area contributed by atoms with Crippen molar-refractivity contribution in [1.82, 2.24) is 0 Å². The van der Waals surface area contributed by atoms with Crippen molar-refractivity contribution in [2.24, 2.45) is 0 Å². The zero-order chi connectivity index (χ0) is 23.3. The van der Waals surface area contributed by atoms with E-state index in [9.17, 15) is 9.90 Å². The normalized spacial score (nSPS) is 10.7. The van der Waals surface area contributed by atoms with Gasteiger partial charge in [-0.2, -0.15) is 0 Å². The summed E-state index contributed by atoms with van der Waals surface area (Å²) in [6, 6.07) is 13.8. The third-order valence-corrected chi connectivity index (χ3v) is 5.78. The van der Waals surface area contributed by atoms with E-state index < -0.39 is 5.97 Å². The third kappa shape index (κ3) is 5.80. The SMILES string of the molecule is CCOc1cc(CNc2cccc(C(=O)O)c2C)c(Cl)cc1OCc1ccc(Cl)cc1Cl. The summed E-state index contributed by atoms with van der Waals surface area (Å²) in [4.78, 5) is 11.4. The fourth-order valence-electron chi connectivity index (χ4n) is 3.14. The Kier molecular flexibility index (Phi) is 8.13. The number of hydrogen-bond donors (Lipinski definition) is 2. The lowest BCUT2D eigenvalue weighted by Gasteiger charge is -2.17. The molecule has 5 nitrogen and oxygen atoms in total. The number of ether oxygens (including phenoxy) is 2. The molecular weight excluding hydrogens is 473 g/mol. The van der Waals surface area contributed by atoms with Gasteiger partial charge in [0.25, 0.3) is 0 Å². The lowest BCUT2D eigenvalue weighted by Crippen LogP contribution is -2.07. The van der Waals surface area contributed by atoms with Crippen LogP contribution >= 0.6 is 34.8 Å². The van der Waals surface area contributed by atoms with Crippen LogP contribution in [0.2, 0.25) is 15.1 Å². The van der Waals surface area contributed by atoms with Gasteiger partial charge >= 0.3 is 5.97 Å². The number of hydrogen-bond acceptors (Lipinski definition) is 4. The van der Waals surface area contributed by atoms with Crippen molar-refractivity contribution in [1.29, 1.82) is 0 Å². The van der Waals surface area contributed by atoms with Gasteiger partial charge in [-0.3, -0.25) is 0 Å². The second-order valence-corrected chi connectivity index (χ2v) is 8.24. The number of anilines is 1. The topological polar surface area (TPSA) is 67.8 Å². The van der Waals surface area contributed by atoms with Crippen molar-refractivity contribution in [2.45, 2.75) is 27.0 Å². The van der Waals surface area contributed by atoms with Crippen molar-refractivity contribution in [3.63, 3.8) is 0 Å². The summed E-state index contributed by atoms with van der Waals surface area (Å²) in [6.07, 6.45) is 0. The fraction of sp³-hybridized carbons (Fsp3) is 0.208. The maximum atomic E-state index is 11.4. The van der Waals surface area contributed by atoms with Crippen molar-refractivity contribution < 1.29 is 19.4 Å². The molecule has 0 atom stereocenters. The van der Waals surface area contributed by atoms with Crippen molar-refractivity contribution >= 4 is 46.5 Å². The number of nitrogens with one attached hydrogen (secondary N) is 1. The van der Waals surface area contributed by atoms with Crippen LogP contribution in [-0.2, 0) is 13.2 Å². The second kappa shape index (κ2) is 10.8. The first-order chi connectivity index (χ1) is 15.3. The smallest absolute Gasteiger partial charge is 0.336 e. The van der Waals surface area contributed by atoms with E-state index in [1.54, 1.807) is 43.3 Å². The van der Waals surface area contributed by atoms with Crippen LogP contribution in [0, 0.1) is 6.92 Å². The van der Waals surface area contributed by atoms with Crippen LogP contribution in [0.1, 0.15) is 34.0 Å². The lowest BCUT2D eigenvalue weighted by molar-refractivity contribution is 0.0696. The maximum Gasteiger partial charge on any atom is 0.336 e. The zero-order valence-electron chi connectivity index (χ0n) is 17.5. The first-order valence-corrected chi connectivity index (χ1v) is 11.0. The van der Waals surface area contributed by atoms with Gasteiger partial charge in [0.2, 0.25) is 0 Å². The monoisotopic (exact) mass is 493 g/mol. The number of carbonyl (C=O) groups is 1. The van der Waals surface area contributed by atoms with Crippen molar-refractivity contribution in [3.05, 3.63) is 85.9 Å². The molecule has 0 saturated carbocycles. The predicted molar refractivity (Wildman–Crippen MR) is 129 cm³/mol. The van der Waals surface area contributed by atoms with Gasteiger partial charge in [-0.25, -0.2) is 4.79 Å². The molecule has 0 radical (unpaired) electrons. The molecule has 0 aromatic heterocycles. The molecule has 0 aliphatic rings. The Morgan fingerprint density at radius 3 is 2.38 bits per heavy atom. The summed E-state index contributed by atoms with van der Waals surface area (Å²) >= 11 is 18.7. The molecule has 0 aliphatic heterocycles. The van der Waals surface area contributed by atoms with Gasteiger partial charge in [-0.05, 0) is 55.3 Å². The molecule has 168 valence electrons. The van der Waals surface area contributed by atoms with Gasteiger partial charge in [0, 0.05) is 38.9 Å². The molecule has 0 fully saturated rings. The Morgan fingerprint density at radius 1 is 0.969 bits per heavy atom. The third-order valence-electron chi connectivity index (χ3n) is 4.84. The van der Waals surface area contributed by atoms with E-state index in [4.69, 9.17) is 44.3 Å². The number of aromatic carboxylic acids is 1. The van der Waals surface area contributed by atoms with Crippen LogP contribution < -0.4 is 14.8 Å². The minimum absolute atomic E-state index is 0.227. The number of halogens is 3. The highest BCUT2D eigenvalue weighted by atomic mass is 35.5. The minimum atomic E-state index is -0.967. The first kappa shape index (κ1) is 24.1. The largest absolute Gasteiger partial charge is 0.490 e. The molecule has 0 bridgehead atoms. The molecule has 0 saturated heterocycles. The van der Waals surface area contributed by atoms with Gasteiger partial charge in [0.15, 0.2) is 11.5 Å². The highest BCUT2D eigenvalue weighted by Crippen LogP contribution is 2.35. The molecule has 8 heteroatoms. The summed E-state index contributed by atoms with van der Waals surface area (Å²) in [5, 5.41) is 14.1. The summed E-state index contributed by atoms with van der Waals surface area (Å²) in [7, 11) is 0. The Labute approximate surface area is 201 Å². The molecule has 32 heavy (non-hydrogen) atoms. The van der Waals surface area contributed by atoms with Crippen LogP contribution in [0.3, 0.4) is 0 Å². The van der Waals surface area contributed by atoms with E-state index in [1.165, 1.54) is 0 Å². The minimum Gasteiger partial charge on any atom is -0.490 e. The molecular formula is C24H22Cl3NO4. The van der Waals surface area contributed by atoms with E-state index in [2.05, 4.69) is 5.32 Å². The fourth-order valence-corrected chi connectivity index (χ4v) is 3.82.